The molecular weight excluding hydrogens is 310 g/mol. The van der Waals surface area contributed by atoms with Gasteiger partial charge in [0.2, 0.25) is 0 Å². The second kappa shape index (κ2) is 5.88. The number of amides is 1. The van der Waals surface area contributed by atoms with Crippen molar-refractivity contribution in [2.24, 2.45) is 7.05 Å². The molecule has 0 radical (unpaired) electrons. The van der Waals surface area contributed by atoms with Crippen LogP contribution in [0.15, 0.2) is 34.9 Å². The third-order valence-electron chi connectivity index (χ3n) is 2.78. The fourth-order valence-corrected chi connectivity index (χ4v) is 2.21. The summed E-state index contributed by atoms with van der Waals surface area (Å²) in [5, 5.41) is 6.94. The largest absolute Gasteiger partial charge is 0.496 e. The van der Waals surface area contributed by atoms with Gasteiger partial charge in [-0.3, -0.25) is 9.48 Å². The quantitative estimate of drug-likeness (QED) is 0.937. The molecule has 1 aromatic heterocycles. The predicted molar refractivity (Wildman–Crippen MR) is 75.1 cm³/mol. The third kappa shape index (κ3) is 2.96. The summed E-state index contributed by atoms with van der Waals surface area (Å²) in [6.45, 7) is 0.397. The lowest BCUT2D eigenvalue weighted by Gasteiger charge is -2.09. The van der Waals surface area contributed by atoms with E-state index >= 15 is 0 Å². The molecule has 1 N–H and O–H groups in total. The second-order valence-electron chi connectivity index (χ2n) is 3.95. The molecule has 1 heterocycles. The Bertz CT molecular complexity index is 576. The van der Waals surface area contributed by atoms with Crippen LogP contribution in [-0.2, 0) is 13.6 Å². The molecule has 5 nitrogen and oxygen atoms in total. The van der Waals surface area contributed by atoms with Crippen LogP contribution >= 0.6 is 15.9 Å². The molecule has 0 bridgehead atoms. The van der Waals surface area contributed by atoms with Gasteiger partial charge in [0.05, 0.1) is 35.6 Å². The normalized spacial score (nSPS) is 10.3. The zero-order chi connectivity index (χ0) is 13.8. The zero-order valence-electron chi connectivity index (χ0n) is 10.7. The van der Waals surface area contributed by atoms with Gasteiger partial charge < -0.3 is 10.1 Å². The number of rotatable bonds is 4. The van der Waals surface area contributed by atoms with E-state index in [2.05, 4.69) is 26.3 Å². The Labute approximate surface area is 119 Å². The molecule has 0 atom stereocenters. The fraction of sp³-hybridized carbons (Fsp3) is 0.231. The lowest BCUT2D eigenvalue weighted by atomic mass is 10.2. The van der Waals surface area contributed by atoms with Crippen molar-refractivity contribution in [3.8, 4) is 5.75 Å². The molecule has 1 aromatic carbocycles. The van der Waals surface area contributed by atoms with Crippen molar-refractivity contribution >= 4 is 21.8 Å². The van der Waals surface area contributed by atoms with Crippen molar-refractivity contribution in [1.29, 1.82) is 0 Å². The Morgan fingerprint density at radius 1 is 1.47 bits per heavy atom. The van der Waals surface area contributed by atoms with Crippen molar-refractivity contribution in [2.45, 2.75) is 6.54 Å². The molecule has 2 rings (SSSR count). The van der Waals surface area contributed by atoms with Gasteiger partial charge in [-0.2, -0.15) is 5.10 Å². The highest BCUT2D eigenvalue weighted by Gasteiger charge is 2.13. The minimum absolute atomic E-state index is 0.175. The van der Waals surface area contributed by atoms with Crippen LogP contribution in [-0.4, -0.2) is 22.8 Å². The van der Waals surface area contributed by atoms with Crippen LogP contribution < -0.4 is 10.1 Å². The summed E-state index contributed by atoms with van der Waals surface area (Å²) >= 11 is 3.39. The van der Waals surface area contributed by atoms with Crippen LogP contribution in [0.25, 0.3) is 0 Å². The van der Waals surface area contributed by atoms with E-state index < -0.39 is 0 Å². The highest BCUT2D eigenvalue weighted by Crippen LogP contribution is 2.18. The second-order valence-corrected chi connectivity index (χ2v) is 4.80. The summed E-state index contributed by atoms with van der Waals surface area (Å²) < 4.78 is 7.75. The number of carbonyl (C=O) groups is 1. The lowest BCUT2D eigenvalue weighted by Crippen LogP contribution is -2.24. The van der Waals surface area contributed by atoms with Crippen LogP contribution in [0.2, 0.25) is 0 Å². The van der Waals surface area contributed by atoms with Gasteiger partial charge in [-0.1, -0.05) is 12.1 Å². The van der Waals surface area contributed by atoms with Crippen molar-refractivity contribution < 1.29 is 9.53 Å². The van der Waals surface area contributed by atoms with Crippen LogP contribution in [0.5, 0.6) is 5.75 Å². The number of halogens is 1. The van der Waals surface area contributed by atoms with E-state index in [0.717, 1.165) is 10.2 Å². The molecule has 2 aromatic rings. The third-order valence-corrected chi connectivity index (χ3v) is 3.44. The first-order chi connectivity index (χ1) is 9.13. The Balaban J connectivity index is 2.10. The van der Waals surface area contributed by atoms with Gasteiger partial charge in [-0.25, -0.2) is 0 Å². The molecule has 1 amide bonds. The summed E-state index contributed by atoms with van der Waals surface area (Å²) in [7, 11) is 3.37. The number of para-hydroxylation sites is 1. The van der Waals surface area contributed by atoms with Crippen molar-refractivity contribution in [3.63, 3.8) is 0 Å². The van der Waals surface area contributed by atoms with Crippen LogP contribution in [0.3, 0.4) is 0 Å². The Morgan fingerprint density at radius 3 is 2.84 bits per heavy atom. The van der Waals surface area contributed by atoms with E-state index in [-0.39, 0.29) is 5.91 Å². The number of aryl methyl sites for hydroxylation is 1. The number of methoxy groups -OCH3 is 1. The fourth-order valence-electron chi connectivity index (χ4n) is 1.73. The molecule has 0 unspecified atom stereocenters. The number of hydrogen-bond donors (Lipinski definition) is 1. The van der Waals surface area contributed by atoms with Crippen molar-refractivity contribution in [2.75, 3.05) is 7.11 Å². The number of aromatic nitrogens is 2. The first kappa shape index (κ1) is 13.6. The Kier molecular flexibility index (Phi) is 4.21. The SMILES string of the molecule is COc1ccccc1C(=O)NCc1c(Br)cnn1C. The van der Waals surface area contributed by atoms with Gasteiger partial charge in [0, 0.05) is 7.05 Å². The average Bonchev–Trinajstić information content (AvgIpc) is 2.75. The maximum Gasteiger partial charge on any atom is 0.255 e. The number of nitrogens with zero attached hydrogens (tertiary/aromatic N) is 2. The number of ether oxygens (including phenoxy) is 1. The number of carbonyl (C=O) groups excluding carboxylic acids is 1. The maximum atomic E-state index is 12.1. The highest BCUT2D eigenvalue weighted by molar-refractivity contribution is 9.10. The average molecular weight is 324 g/mol. The van der Waals surface area contributed by atoms with Crippen LogP contribution in [0.4, 0.5) is 0 Å². The van der Waals surface area contributed by atoms with Gasteiger partial charge >= 0.3 is 0 Å². The molecular formula is C13H14BrN3O2. The van der Waals surface area contributed by atoms with Crippen molar-refractivity contribution in [1.82, 2.24) is 15.1 Å². The molecule has 0 saturated carbocycles. The summed E-state index contributed by atoms with van der Waals surface area (Å²) in [5.74, 6) is 0.384. The Morgan fingerprint density at radius 2 is 2.21 bits per heavy atom. The molecule has 0 aliphatic heterocycles. The first-order valence-electron chi connectivity index (χ1n) is 5.71. The number of benzene rings is 1. The number of nitrogens with one attached hydrogen (secondary N) is 1. The van der Waals surface area contributed by atoms with Gasteiger partial charge in [0.25, 0.3) is 5.91 Å². The molecule has 0 saturated heterocycles. The monoisotopic (exact) mass is 323 g/mol. The molecule has 0 fully saturated rings. The summed E-state index contributed by atoms with van der Waals surface area (Å²) in [5.41, 5.74) is 1.42. The van der Waals surface area contributed by atoms with Gasteiger partial charge in [-0.15, -0.1) is 0 Å². The summed E-state index contributed by atoms with van der Waals surface area (Å²) in [4.78, 5) is 12.1. The highest BCUT2D eigenvalue weighted by atomic mass is 79.9. The number of hydrogen-bond acceptors (Lipinski definition) is 3. The summed E-state index contributed by atoms with van der Waals surface area (Å²) in [6, 6.07) is 7.12. The van der Waals surface area contributed by atoms with Gasteiger partial charge in [-0.05, 0) is 28.1 Å². The van der Waals surface area contributed by atoms with E-state index in [0.29, 0.717) is 17.9 Å². The van der Waals surface area contributed by atoms with Crippen LogP contribution in [0.1, 0.15) is 16.1 Å². The smallest absolute Gasteiger partial charge is 0.255 e. The van der Waals surface area contributed by atoms with E-state index in [1.807, 2.05) is 13.1 Å². The van der Waals surface area contributed by atoms with E-state index in [4.69, 9.17) is 4.74 Å². The van der Waals surface area contributed by atoms with Gasteiger partial charge in [0.15, 0.2) is 0 Å². The topological polar surface area (TPSA) is 56.1 Å². The molecule has 0 spiro atoms. The molecule has 6 heteroatoms. The minimum atomic E-state index is -0.175. The standard InChI is InChI=1S/C13H14BrN3O2/c1-17-11(10(14)7-16-17)8-15-13(18)9-5-3-4-6-12(9)19-2/h3-7H,8H2,1-2H3,(H,15,18). The van der Waals surface area contributed by atoms with E-state index in [1.165, 1.54) is 0 Å². The van der Waals surface area contributed by atoms with Gasteiger partial charge in [0.1, 0.15) is 5.75 Å². The van der Waals surface area contributed by atoms with Crippen molar-refractivity contribution in [3.05, 3.63) is 46.2 Å². The van der Waals surface area contributed by atoms with E-state index in [1.54, 1.807) is 36.2 Å². The summed E-state index contributed by atoms with van der Waals surface area (Å²) in [6.07, 6.45) is 1.70. The predicted octanol–water partition coefficient (Wildman–Crippen LogP) is 2.12. The molecule has 0 aliphatic carbocycles. The van der Waals surface area contributed by atoms with Crippen LogP contribution in [0, 0.1) is 0 Å². The lowest BCUT2D eigenvalue weighted by molar-refractivity contribution is 0.0947. The zero-order valence-corrected chi connectivity index (χ0v) is 12.3. The Hall–Kier alpha value is -1.82. The molecule has 19 heavy (non-hydrogen) atoms. The molecule has 0 aliphatic rings. The van der Waals surface area contributed by atoms with E-state index in [9.17, 15) is 4.79 Å². The molecule has 100 valence electrons. The minimum Gasteiger partial charge on any atom is -0.496 e. The maximum absolute atomic E-state index is 12.1. The first-order valence-corrected chi connectivity index (χ1v) is 6.50.